The first-order valence-corrected chi connectivity index (χ1v) is 7.35. The number of aromatic nitrogens is 4. The van der Waals surface area contributed by atoms with Gasteiger partial charge in [0.25, 0.3) is 5.91 Å². The first kappa shape index (κ1) is 15.6. The predicted molar refractivity (Wildman–Crippen MR) is 84.3 cm³/mol. The molecule has 3 N–H and O–H groups in total. The van der Waals surface area contributed by atoms with Gasteiger partial charge in [-0.2, -0.15) is 0 Å². The molecule has 11 heteroatoms. The topological polar surface area (TPSA) is 146 Å². The van der Waals surface area contributed by atoms with Crippen LogP contribution in [-0.4, -0.2) is 33.2 Å². The smallest absolute Gasteiger partial charge is 0.381 e. The zero-order chi connectivity index (χ0) is 17.1. The summed E-state index contributed by atoms with van der Waals surface area (Å²) in [5.41, 5.74) is 6.17. The molecule has 0 aromatic carbocycles. The Morgan fingerprint density at radius 2 is 2.12 bits per heavy atom. The molecular formula is C13H10N6O4S. The molecule has 0 aliphatic rings. The maximum Gasteiger partial charge on any atom is 0.381 e. The highest BCUT2D eigenvalue weighted by Crippen LogP contribution is 2.38. The second-order valence-electron chi connectivity index (χ2n) is 4.31. The highest BCUT2D eigenvalue weighted by molar-refractivity contribution is 7.12. The van der Waals surface area contributed by atoms with Crippen molar-refractivity contribution in [2.24, 2.45) is 5.73 Å². The zero-order valence-electron chi connectivity index (χ0n) is 12.2. The van der Waals surface area contributed by atoms with E-state index in [4.69, 9.17) is 14.9 Å². The Hall–Kier alpha value is -3.34. The number of nitrogens with zero attached hydrogens (tertiary/aromatic N) is 4. The first-order chi connectivity index (χ1) is 11.6. The average molecular weight is 346 g/mol. The van der Waals surface area contributed by atoms with Crippen LogP contribution in [0.4, 0.5) is 11.6 Å². The molecule has 0 unspecified atom stereocenters. The van der Waals surface area contributed by atoms with E-state index in [-0.39, 0.29) is 28.7 Å². The van der Waals surface area contributed by atoms with Gasteiger partial charge in [-0.15, -0.1) is 10.2 Å². The van der Waals surface area contributed by atoms with Gasteiger partial charge in [0.05, 0.1) is 12.7 Å². The van der Waals surface area contributed by atoms with E-state index in [0.29, 0.717) is 5.01 Å². The van der Waals surface area contributed by atoms with Crippen molar-refractivity contribution in [3.05, 3.63) is 40.2 Å². The number of rotatable bonds is 5. The van der Waals surface area contributed by atoms with Gasteiger partial charge in [0.1, 0.15) is 11.2 Å². The van der Waals surface area contributed by atoms with Gasteiger partial charge < -0.3 is 20.2 Å². The Balaban J connectivity index is 2.31. The quantitative estimate of drug-likeness (QED) is 0.684. The molecule has 24 heavy (non-hydrogen) atoms. The average Bonchev–Trinajstić information content (AvgIpc) is 3.09. The van der Waals surface area contributed by atoms with E-state index < -0.39 is 11.5 Å². The van der Waals surface area contributed by atoms with E-state index in [9.17, 15) is 9.59 Å². The van der Waals surface area contributed by atoms with E-state index in [1.54, 1.807) is 6.07 Å². The minimum Gasteiger partial charge on any atom is -0.488 e. The third-order valence-electron chi connectivity index (χ3n) is 2.89. The van der Waals surface area contributed by atoms with Crippen LogP contribution in [0.3, 0.4) is 0 Å². The van der Waals surface area contributed by atoms with Gasteiger partial charge >= 0.3 is 5.63 Å². The molecule has 122 valence electrons. The standard InChI is InChI=1S/C13H10N6O4S/c1-22-9-7(18-13-15-3-2-4-16-13)6(11-19-17-5-24-11)8(10(14)20)23-12(9)21/h2-5H,1H3,(H2,14,20)(H,15,16,18). The third kappa shape index (κ3) is 2.79. The number of anilines is 2. The molecule has 3 heterocycles. The van der Waals surface area contributed by atoms with Crippen molar-refractivity contribution in [3.63, 3.8) is 0 Å². The van der Waals surface area contributed by atoms with Crippen molar-refractivity contribution in [2.45, 2.75) is 0 Å². The molecule has 0 saturated heterocycles. The summed E-state index contributed by atoms with van der Waals surface area (Å²) >= 11 is 1.13. The first-order valence-electron chi connectivity index (χ1n) is 6.47. The predicted octanol–water partition coefficient (Wildman–Crippen LogP) is 0.799. The van der Waals surface area contributed by atoms with Gasteiger partial charge in [0.15, 0.2) is 5.01 Å². The Morgan fingerprint density at radius 1 is 1.38 bits per heavy atom. The van der Waals surface area contributed by atoms with Crippen LogP contribution in [0.2, 0.25) is 0 Å². The van der Waals surface area contributed by atoms with E-state index in [0.717, 1.165) is 11.3 Å². The number of hydrogen-bond acceptors (Lipinski definition) is 10. The lowest BCUT2D eigenvalue weighted by Gasteiger charge is -2.13. The number of carbonyl (C=O) groups excluding carboxylic acids is 1. The number of carbonyl (C=O) groups is 1. The number of nitrogens with two attached hydrogens (primary N) is 1. The molecule has 0 aliphatic heterocycles. The molecule has 0 saturated carbocycles. The van der Waals surface area contributed by atoms with E-state index in [1.807, 2.05) is 0 Å². The van der Waals surface area contributed by atoms with Gasteiger partial charge in [0.2, 0.25) is 17.5 Å². The summed E-state index contributed by atoms with van der Waals surface area (Å²) in [5, 5.41) is 10.8. The van der Waals surface area contributed by atoms with Crippen LogP contribution in [0.15, 0.2) is 33.2 Å². The van der Waals surface area contributed by atoms with Gasteiger partial charge in [-0.3, -0.25) is 4.79 Å². The molecule has 3 aromatic rings. The summed E-state index contributed by atoms with van der Waals surface area (Å²) in [6.45, 7) is 0. The molecule has 10 nitrogen and oxygen atoms in total. The van der Waals surface area contributed by atoms with Gasteiger partial charge in [-0.05, 0) is 6.07 Å². The minimum atomic E-state index is -0.933. The molecule has 0 radical (unpaired) electrons. The van der Waals surface area contributed by atoms with Crippen LogP contribution in [0, 0.1) is 0 Å². The summed E-state index contributed by atoms with van der Waals surface area (Å²) in [5.74, 6) is -1.28. The van der Waals surface area contributed by atoms with Crippen LogP contribution < -0.4 is 21.4 Å². The summed E-state index contributed by atoms with van der Waals surface area (Å²) in [6.07, 6.45) is 3.01. The lowest BCUT2D eigenvalue weighted by molar-refractivity contribution is 0.0970. The molecule has 0 aliphatic carbocycles. The number of primary amides is 1. The molecule has 3 rings (SSSR count). The molecule has 0 fully saturated rings. The van der Waals surface area contributed by atoms with Crippen molar-refractivity contribution < 1.29 is 13.9 Å². The van der Waals surface area contributed by atoms with Crippen LogP contribution in [0.25, 0.3) is 10.6 Å². The Bertz CT molecular complexity index is 926. The van der Waals surface area contributed by atoms with E-state index in [1.165, 1.54) is 25.0 Å². The minimum absolute atomic E-state index is 0.116. The second kappa shape index (κ2) is 6.42. The fourth-order valence-electron chi connectivity index (χ4n) is 1.96. The van der Waals surface area contributed by atoms with Crippen molar-refractivity contribution in [1.82, 2.24) is 20.2 Å². The maximum atomic E-state index is 12.1. The van der Waals surface area contributed by atoms with Gasteiger partial charge in [-0.25, -0.2) is 14.8 Å². The molecule has 0 bridgehead atoms. The number of nitrogens with one attached hydrogen (secondary N) is 1. The van der Waals surface area contributed by atoms with E-state index >= 15 is 0 Å². The summed E-state index contributed by atoms with van der Waals surface area (Å²) in [4.78, 5) is 31.8. The van der Waals surface area contributed by atoms with Gasteiger partial charge in [0, 0.05) is 12.4 Å². The number of hydrogen-bond donors (Lipinski definition) is 2. The number of methoxy groups -OCH3 is 1. The molecular weight excluding hydrogens is 336 g/mol. The molecule has 0 atom stereocenters. The highest BCUT2D eigenvalue weighted by Gasteiger charge is 2.27. The number of ether oxygens (including phenoxy) is 1. The Labute approximate surface area is 138 Å². The SMILES string of the molecule is COc1c(Nc2ncccn2)c(-c2nncs2)c(C(N)=O)oc1=O. The van der Waals surface area contributed by atoms with Crippen LogP contribution >= 0.6 is 11.3 Å². The lowest BCUT2D eigenvalue weighted by Crippen LogP contribution is -2.19. The Morgan fingerprint density at radius 3 is 2.71 bits per heavy atom. The summed E-state index contributed by atoms with van der Waals surface area (Å²) < 4.78 is 10.1. The summed E-state index contributed by atoms with van der Waals surface area (Å²) in [7, 11) is 1.29. The van der Waals surface area contributed by atoms with Crippen LogP contribution in [0.5, 0.6) is 5.75 Å². The maximum absolute atomic E-state index is 12.1. The van der Waals surface area contributed by atoms with Crippen LogP contribution in [-0.2, 0) is 0 Å². The highest BCUT2D eigenvalue weighted by atomic mass is 32.1. The largest absolute Gasteiger partial charge is 0.488 e. The zero-order valence-corrected chi connectivity index (χ0v) is 13.0. The monoisotopic (exact) mass is 346 g/mol. The fraction of sp³-hybridized carbons (Fsp3) is 0.0769. The van der Waals surface area contributed by atoms with Crippen molar-refractivity contribution in [2.75, 3.05) is 12.4 Å². The number of amides is 1. The molecule has 1 amide bonds. The van der Waals surface area contributed by atoms with Gasteiger partial charge in [-0.1, -0.05) is 11.3 Å². The van der Waals surface area contributed by atoms with Crippen molar-refractivity contribution in [3.8, 4) is 16.3 Å². The third-order valence-corrected chi connectivity index (χ3v) is 3.60. The van der Waals surface area contributed by atoms with Crippen LogP contribution in [0.1, 0.15) is 10.6 Å². The molecule has 3 aromatic heterocycles. The second-order valence-corrected chi connectivity index (χ2v) is 5.14. The summed E-state index contributed by atoms with van der Waals surface area (Å²) in [6, 6.07) is 1.63. The normalized spacial score (nSPS) is 10.4. The van der Waals surface area contributed by atoms with Crippen molar-refractivity contribution >= 4 is 28.9 Å². The lowest BCUT2D eigenvalue weighted by atomic mass is 10.1. The Kier molecular flexibility index (Phi) is 4.16. The van der Waals surface area contributed by atoms with Crippen molar-refractivity contribution in [1.29, 1.82) is 0 Å². The fourth-order valence-corrected chi connectivity index (χ4v) is 2.56. The molecule has 0 spiro atoms. The van der Waals surface area contributed by atoms with E-state index in [2.05, 4.69) is 25.5 Å².